The molecule has 0 saturated carbocycles. The fourth-order valence-corrected chi connectivity index (χ4v) is 2.00. The summed E-state index contributed by atoms with van der Waals surface area (Å²) in [7, 11) is 0. The van der Waals surface area contributed by atoms with E-state index < -0.39 is 5.97 Å². The van der Waals surface area contributed by atoms with Crippen molar-refractivity contribution in [2.75, 3.05) is 13.1 Å². The molecule has 4 heteroatoms. The van der Waals surface area contributed by atoms with Gasteiger partial charge in [0, 0.05) is 11.0 Å². The van der Waals surface area contributed by atoms with Crippen LogP contribution in [0.1, 0.15) is 29.8 Å². The van der Waals surface area contributed by atoms with Gasteiger partial charge in [-0.2, -0.15) is 0 Å². The van der Waals surface area contributed by atoms with Gasteiger partial charge >= 0.3 is 5.97 Å². The number of hydrogen-bond donors (Lipinski definition) is 1. The van der Waals surface area contributed by atoms with Gasteiger partial charge in [0.25, 0.3) is 0 Å². The van der Waals surface area contributed by atoms with Crippen molar-refractivity contribution in [2.24, 2.45) is 0 Å². The smallest absolute Gasteiger partial charge is 0.336 e. The first kappa shape index (κ1) is 13.2. The maximum Gasteiger partial charge on any atom is 0.336 e. The number of benzene rings is 1. The molecule has 0 aromatic heterocycles. The van der Waals surface area contributed by atoms with Crippen LogP contribution in [0.15, 0.2) is 22.7 Å². The van der Waals surface area contributed by atoms with Crippen molar-refractivity contribution in [3.63, 3.8) is 0 Å². The molecule has 0 amide bonds. The van der Waals surface area contributed by atoms with Crippen LogP contribution in [-0.4, -0.2) is 29.1 Å². The fraction of sp³-hybridized carbons (Fsp3) is 0.417. The van der Waals surface area contributed by atoms with Crippen LogP contribution in [-0.2, 0) is 6.54 Å². The van der Waals surface area contributed by atoms with E-state index in [4.69, 9.17) is 5.11 Å². The van der Waals surface area contributed by atoms with Crippen molar-refractivity contribution in [3.8, 4) is 0 Å². The van der Waals surface area contributed by atoms with Crippen molar-refractivity contribution in [1.29, 1.82) is 0 Å². The maximum absolute atomic E-state index is 11.1. The minimum Gasteiger partial charge on any atom is -0.478 e. The number of hydrogen-bond acceptors (Lipinski definition) is 2. The molecule has 1 aromatic carbocycles. The van der Waals surface area contributed by atoms with Crippen molar-refractivity contribution < 1.29 is 9.90 Å². The predicted octanol–water partition coefficient (Wildman–Crippen LogP) is 2.99. The van der Waals surface area contributed by atoms with E-state index in [9.17, 15) is 4.79 Å². The van der Waals surface area contributed by atoms with E-state index in [1.165, 1.54) is 0 Å². The molecule has 3 nitrogen and oxygen atoms in total. The number of nitrogens with zero attached hydrogens (tertiary/aromatic N) is 1. The van der Waals surface area contributed by atoms with Crippen LogP contribution in [0, 0.1) is 0 Å². The maximum atomic E-state index is 11.1. The summed E-state index contributed by atoms with van der Waals surface area (Å²) >= 11 is 3.37. The Morgan fingerprint density at radius 2 is 2.00 bits per heavy atom. The van der Waals surface area contributed by atoms with Gasteiger partial charge in [0.2, 0.25) is 0 Å². The molecule has 1 N–H and O–H groups in total. The summed E-state index contributed by atoms with van der Waals surface area (Å²) < 4.78 is 0.916. The molecule has 0 radical (unpaired) electrons. The quantitative estimate of drug-likeness (QED) is 0.904. The molecule has 1 aromatic rings. The summed E-state index contributed by atoms with van der Waals surface area (Å²) in [5.74, 6) is -0.866. The fourth-order valence-electron chi connectivity index (χ4n) is 1.59. The van der Waals surface area contributed by atoms with Gasteiger partial charge in [-0.1, -0.05) is 29.8 Å². The third kappa shape index (κ3) is 3.32. The third-order valence-electron chi connectivity index (χ3n) is 2.59. The van der Waals surface area contributed by atoms with Gasteiger partial charge in [0.1, 0.15) is 0 Å². The lowest BCUT2D eigenvalue weighted by Gasteiger charge is -2.19. The number of rotatable bonds is 5. The lowest BCUT2D eigenvalue weighted by atomic mass is 10.1. The van der Waals surface area contributed by atoms with Crippen molar-refractivity contribution in [1.82, 2.24) is 4.90 Å². The highest BCUT2D eigenvalue weighted by molar-refractivity contribution is 9.10. The van der Waals surface area contributed by atoms with E-state index in [0.29, 0.717) is 12.1 Å². The summed E-state index contributed by atoms with van der Waals surface area (Å²) in [4.78, 5) is 13.2. The van der Waals surface area contributed by atoms with Crippen LogP contribution in [0.5, 0.6) is 0 Å². The van der Waals surface area contributed by atoms with Gasteiger partial charge in [0.15, 0.2) is 0 Å². The second-order valence-electron chi connectivity index (χ2n) is 3.57. The third-order valence-corrected chi connectivity index (χ3v) is 3.08. The van der Waals surface area contributed by atoms with E-state index in [1.807, 2.05) is 6.07 Å². The SMILES string of the molecule is CCN(CC)Cc1cc(Br)ccc1C(=O)O. The zero-order valence-corrected chi connectivity index (χ0v) is 11.1. The molecule has 0 aliphatic rings. The minimum absolute atomic E-state index is 0.384. The Labute approximate surface area is 104 Å². The zero-order valence-electron chi connectivity index (χ0n) is 9.53. The first-order chi connectivity index (χ1) is 7.58. The average molecular weight is 286 g/mol. The summed E-state index contributed by atoms with van der Waals surface area (Å²) in [6, 6.07) is 5.28. The standard InChI is InChI=1S/C12H16BrNO2/c1-3-14(4-2)8-9-7-10(13)5-6-11(9)12(15)16/h5-7H,3-4,8H2,1-2H3,(H,15,16). The summed E-state index contributed by atoms with van der Waals surface area (Å²) in [5, 5.41) is 9.08. The van der Waals surface area contributed by atoms with Crippen LogP contribution in [0.3, 0.4) is 0 Å². The molecule has 0 saturated heterocycles. The largest absolute Gasteiger partial charge is 0.478 e. The highest BCUT2D eigenvalue weighted by Gasteiger charge is 2.12. The Balaban J connectivity index is 3.00. The molecule has 16 heavy (non-hydrogen) atoms. The van der Waals surface area contributed by atoms with Crippen LogP contribution >= 0.6 is 15.9 Å². The van der Waals surface area contributed by atoms with E-state index >= 15 is 0 Å². The lowest BCUT2D eigenvalue weighted by molar-refractivity contribution is 0.0694. The summed E-state index contributed by atoms with van der Waals surface area (Å²) in [6.07, 6.45) is 0. The van der Waals surface area contributed by atoms with Crippen molar-refractivity contribution in [3.05, 3.63) is 33.8 Å². The summed E-state index contributed by atoms with van der Waals surface area (Å²) in [5.41, 5.74) is 1.24. The molecule has 0 aliphatic carbocycles. The van der Waals surface area contributed by atoms with E-state index in [2.05, 4.69) is 34.7 Å². The highest BCUT2D eigenvalue weighted by Crippen LogP contribution is 2.18. The molecule has 0 atom stereocenters. The molecule has 1 rings (SSSR count). The van der Waals surface area contributed by atoms with Gasteiger partial charge in [-0.3, -0.25) is 4.90 Å². The lowest BCUT2D eigenvalue weighted by Crippen LogP contribution is -2.23. The van der Waals surface area contributed by atoms with Crippen molar-refractivity contribution >= 4 is 21.9 Å². The van der Waals surface area contributed by atoms with E-state index in [-0.39, 0.29) is 0 Å². The summed E-state index contributed by atoms with van der Waals surface area (Å²) in [6.45, 7) is 6.65. The Bertz CT molecular complexity index is 375. The second-order valence-corrected chi connectivity index (χ2v) is 4.48. The number of carboxylic acids is 1. The number of halogens is 1. The topological polar surface area (TPSA) is 40.5 Å². The normalized spacial score (nSPS) is 10.8. The molecule has 0 bridgehead atoms. The Morgan fingerprint density at radius 1 is 1.38 bits per heavy atom. The van der Waals surface area contributed by atoms with E-state index in [1.54, 1.807) is 12.1 Å². The molecular formula is C12H16BrNO2. The number of aromatic carboxylic acids is 1. The van der Waals surface area contributed by atoms with Gasteiger partial charge < -0.3 is 5.11 Å². The highest BCUT2D eigenvalue weighted by atomic mass is 79.9. The number of carbonyl (C=O) groups is 1. The predicted molar refractivity (Wildman–Crippen MR) is 67.7 cm³/mol. The minimum atomic E-state index is -0.866. The Hall–Kier alpha value is -0.870. The van der Waals surface area contributed by atoms with Crippen molar-refractivity contribution in [2.45, 2.75) is 20.4 Å². The van der Waals surface area contributed by atoms with Gasteiger partial charge in [-0.25, -0.2) is 4.79 Å². The van der Waals surface area contributed by atoms with Gasteiger partial charge in [0.05, 0.1) is 5.56 Å². The molecule has 0 fully saturated rings. The first-order valence-electron chi connectivity index (χ1n) is 5.32. The first-order valence-corrected chi connectivity index (χ1v) is 6.11. The molecule has 0 heterocycles. The molecule has 88 valence electrons. The average Bonchev–Trinajstić information content (AvgIpc) is 2.25. The molecular weight excluding hydrogens is 270 g/mol. The Kier molecular flexibility index (Phi) is 4.96. The van der Waals surface area contributed by atoms with Crippen LogP contribution in [0.2, 0.25) is 0 Å². The second kappa shape index (κ2) is 6.01. The van der Waals surface area contributed by atoms with Crippen LogP contribution < -0.4 is 0 Å². The zero-order chi connectivity index (χ0) is 12.1. The van der Waals surface area contributed by atoms with Gasteiger partial charge in [-0.05, 0) is 36.9 Å². The van der Waals surface area contributed by atoms with Crippen LogP contribution in [0.4, 0.5) is 0 Å². The number of carboxylic acid groups (broad SMARTS) is 1. The molecule has 0 unspecified atom stereocenters. The van der Waals surface area contributed by atoms with E-state index in [0.717, 1.165) is 23.1 Å². The molecule has 0 aliphatic heterocycles. The molecule has 0 spiro atoms. The van der Waals surface area contributed by atoms with Crippen LogP contribution in [0.25, 0.3) is 0 Å². The monoisotopic (exact) mass is 285 g/mol. The Morgan fingerprint density at radius 3 is 2.50 bits per heavy atom. The van der Waals surface area contributed by atoms with Gasteiger partial charge in [-0.15, -0.1) is 0 Å².